The minimum atomic E-state index is 0.0624. The summed E-state index contributed by atoms with van der Waals surface area (Å²) in [6, 6.07) is 35.2. The summed E-state index contributed by atoms with van der Waals surface area (Å²) in [5.74, 6) is 0.125. The highest BCUT2D eigenvalue weighted by atomic mass is 16.3. The second-order valence-electron chi connectivity index (χ2n) is 9.42. The number of phenolic OH excluding ortho intramolecular Hbond substituents is 2. The number of aromatic nitrogens is 4. The van der Waals surface area contributed by atoms with Gasteiger partial charge in [0.05, 0.1) is 21.8 Å². The summed E-state index contributed by atoms with van der Waals surface area (Å²) < 4.78 is 4.12. The van der Waals surface area contributed by atoms with E-state index in [1.165, 1.54) is 0 Å². The van der Waals surface area contributed by atoms with Crippen LogP contribution in [0.1, 0.15) is 0 Å². The molecule has 0 fully saturated rings. The zero-order valence-electron chi connectivity index (χ0n) is 20.1. The standard InChI is InChI=1S/C32H20N4O2/c37-29-21-13-7-15-23(29)31-33-27-25(35(31)19-9-3-1-4-10-19)17-18-26-28(27)34-32(24-16-8-14-22(21)30(24)38)36(26)20-11-5-2-6-12-20/h1-18,37-38H. The maximum absolute atomic E-state index is 11.6. The third-order valence-corrected chi connectivity index (χ3v) is 7.32. The molecule has 0 aliphatic heterocycles. The van der Waals surface area contributed by atoms with Crippen LogP contribution in [0.15, 0.2) is 109 Å². The van der Waals surface area contributed by atoms with Crippen LogP contribution in [-0.2, 0) is 0 Å². The molecule has 0 amide bonds. The van der Waals surface area contributed by atoms with Gasteiger partial charge in [0.15, 0.2) is 0 Å². The average Bonchev–Trinajstić information content (AvgIpc) is 3.53. The van der Waals surface area contributed by atoms with Crippen LogP contribution in [0.5, 0.6) is 11.5 Å². The Morgan fingerprint density at radius 3 is 1.24 bits per heavy atom. The highest BCUT2D eigenvalue weighted by Gasteiger charge is 2.21. The lowest BCUT2D eigenvalue weighted by atomic mass is 10.1. The summed E-state index contributed by atoms with van der Waals surface area (Å²) in [5.41, 5.74) is 6.25. The predicted molar refractivity (Wildman–Crippen MR) is 152 cm³/mol. The van der Waals surface area contributed by atoms with Crippen LogP contribution >= 0.6 is 0 Å². The largest absolute Gasteiger partial charge is 0.507 e. The lowest BCUT2D eigenvalue weighted by molar-refractivity contribution is 0.482. The van der Waals surface area contributed by atoms with Gasteiger partial charge in [-0.2, -0.15) is 0 Å². The van der Waals surface area contributed by atoms with E-state index in [4.69, 9.17) is 9.97 Å². The minimum Gasteiger partial charge on any atom is -0.507 e. The van der Waals surface area contributed by atoms with E-state index in [9.17, 15) is 10.2 Å². The quantitative estimate of drug-likeness (QED) is 0.267. The summed E-state index contributed by atoms with van der Waals surface area (Å²) in [7, 11) is 0. The molecule has 38 heavy (non-hydrogen) atoms. The number of rotatable bonds is 2. The van der Waals surface area contributed by atoms with Crippen molar-refractivity contribution in [1.82, 2.24) is 19.1 Å². The molecule has 0 saturated heterocycles. The number of benzene rings is 5. The van der Waals surface area contributed by atoms with Gasteiger partial charge in [0.2, 0.25) is 0 Å². The Kier molecular flexibility index (Phi) is 4.14. The molecule has 8 rings (SSSR count). The molecule has 8 bridgehead atoms. The van der Waals surface area contributed by atoms with Crippen LogP contribution in [0.4, 0.5) is 0 Å². The molecular weight excluding hydrogens is 472 g/mol. The van der Waals surface area contributed by atoms with Crippen molar-refractivity contribution in [3.05, 3.63) is 109 Å². The van der Waals surface area contributed by atoms with E-state index < -0.39 is 0 Å². The molecule has 6 heteroatoms. The molecule has 6 nitrogen and oxygen atoms in total. The summed E-state index contributed by atoms with van der Waals surface area (Å²) in [4.78, 5) is 10.2. The lowest BCUT2D eigenvalue weighted by Gasteiger charge is -2.10. The Labute approximate surface area is 216 Å². The van der Waals surface area contributed by atoms with Crippen molar-refractivity contribution in [2.45, 2.75) is 0 Å². The zero-order valence-corrected chi connectivity index (χ0v) is 20.1. The molecule has 0 spiro atoms. The minimum absolute atomic E-state index is 0.0624. The number of hydrogen-bond donors (Lipinski definition) is 2. The number of phenols is 2. The third-order valence-electron chi connectivity index (χ3n) is 7.32. The summed E-state index contributed by atoms with van der Waals surface area (Å²) in [6.45, 7) is 0. The van der Waals surface area contributed by atoms with Crippen molar-refractivity contribution in [2.75, 3.05) is 0 Å². The molecule has 0 unspecified atom stereocenters. The Morgan fingerprint density at radius 1 is 0.421 bits per heavy atom. The number of hydrogen-bond acceptors (Lipinski definition) is 4. The van der Waals surface area contributed by atoms with Crippen molar-refractivity contribution in [2.24, 2.45) is 0 Å². The summed E-state index contributed by atoms with van der Waals surface area (Å²) >= 11 is 0. The number of fused-ring (bicyclic) bond motifs is 9. The molecule has 0 aliphatic carbocycles. The highest BCUT2D eigenvalue weighted by Crippen LogP contribution is 2.40. The lowest BCUT2D eigenvalue weighted by Crippen LogP contribution is -1.95. The highest BCUT2D eigenvalue weighted by molar-refractivity contribution is 6.11. The van der Waals surface area contributed by atoms with E-state index in [0.29, 0.717) is 32.8 Å². The maximum atomic E-state index is 11.6. The summed E-state index contributed by atoms with van der Waals surface area (Å²) in [5, 5.41) is 25.4. The van der Waals surface area contributed by atoms with Crippen molar-refractivity contribution >= 4 is 54.9 Å². The molecule has 2 N–H and O–H groups in total. The Hall–Kier alpha value is -5.36. The normalized spacial score (nSPS) is 11.9. The molecule has 3 aromatic heterocycles. The monoisotopic (exact) mass is 492 g/mol. The SMILES string of the molecule is Oc1c2cccc1c1nc3c4nc(c5cccc2c5O)n(-c2ccccc2)c4ccc3n1-c1ccccc1. The molecule has 8 aromatic rings. The first-order chi connectivity index (χ1) is 18.7. The molecule has 5 aromatic carbocycles. The third kappa shape index (κ3) is 2.71. The van der Waals surface area contributed by atoms with Crippen LogP contribution in [0.3, 0.4) is 0 Å². The maximum Gasteiger partial charge on any atom is 0.149 e. The fourth-order valence-electron chi connectivity index (χ4n) is 5.60. The van der Waals surface area contributed by atoms with Crippen molar-refractivity contribution < 1.29 is 10.2 Å². The first-order valence-corrected chi connectivity index (χ1v) is 12.4. The van der Waals surface area contributed by atoms with Gasteiger partial charge in [-0.1, -0.05) is 60.7 Å². The van der Waals surface area contributed by atoms with Crippen LogP contribution < -0.4 is 0 Å². The Bertz CT molecular complexity index is 2040. The van der Waals surface area contributed by atoms with E-state index in [-0.39, 0.29) is 11.5 Å². The van der Waals surface area contributed by atoms with Gasteiger partial charge in [-0.15, -0.1) is 0 Å². The van der Waals surface area contributed by atoms with Gasteiger partial charge in [-0.3, -0.25) is 9.13 Å². The number of imidazole rings is 2. The van der Waals surface area contributed by atoms with Gasteiger partial charge in [0.25, 0.3) is 0 Å². The van der Waals surface area contributed by atoms with Gasteiger partial charge in [-0.25, -0.2) is 9.97 Å². The predicted octanol–water partition coefficient (Wildman–Crippen LogP) is 7.24. The molecule has 3 heterocycles. The Morgan fingerprint density at radius 2 is 0.816 bits per heavy atom. The van der Waals surface area contributed by atoms with Gasteiger partial charge >= 0.3 is 0 Å². The molecule has 0 saturated carbocycles. The zero-order chi connectivity index (χ0) is 25.4. The van der Waals surface area contributed by atoms with Crippen molar-refractivity contribution in [3.63, 3.8) is 0 Å². The fourth-order valence-corrected chi connectivity index (χ4v) is 5.60. The van der Waals surface area contributed by atoms with Crippen LogP contribution in [-0.4, -0.2) is 29.3 Å². The van der Waals surface area contributed by atoms with Crippen LogP contribution in [0, 0.1) is 0 Å². The van der Waals surface area contributed by atoms with E-state index in [2.05, 4.69) is 21.3 Å². The van der Waals surface area contributed by atoms with E-state index in [0.717, 1.165) is 33.4 Å². The van der Waals surface area contributed by atoms with Crippen LogP contribution in [0.25, 0.3) is 66.3 Å². The topological polar surface area (TPSA) is 76.1 Å². The first-order valence-electron chi connectivity index (χ1n) is 12.4. The molecule has 0 radical (unpaired) electrons. The second kappa shape index (κ2) is 7.57. The molecular formula is C32H20N4O2. The van der Waals surface area contributed by atoms with Gasteiger partial charge in [0, 0.05) is 22.1 Å². The fraction of sp³-hybridized carbons (Fsp3) is 0. The smallest absolute Gasteiger partial charge is 0.149 e. The molecule has 180 valence electrons. The van der Waals surface area contributed by atoms with Crippen molar-refractivity contribution in [3.8, 4) is 22.9 Å². The molecule has 0 aliphatic rings. The van der Waals surface area contributed by atoms with E-state index >= 15 is 0 Å². The number of nitrogens with zero attached hydrogens (tertiary/aromatic N) is 4. The Balaban J connectivity index is 1.73. The first kappa shape index (κ1) is 20.8. The van der Waals surface area contributed by atoms with Crippen LogP contribution in [0.2, 0.25) is 0 Å². The number of para-hydroxylation sites is 4. The van der Waals surface area contributed by atoms with Gasteiger partial charge in [-0.05, 0) is 48.5 Å². The van der Waals surface area contributed by atoms with E-state index in [1.807, 2.05) is 97.1 Å². The van der Waals surface area contributed by atoms with Crippen molar-refractivity contribution in [1.29, 1.82) is 0 Å². The van der Waals surface area contributed by atoms with E-state index in [1.54, 1.807) is 0 Å². The average molecular weight is 493 g/mol. The van der Waals surface area contributed by atoms with Gasteiger partial charge in [0.1, 0.15) is 33.8 Å². The van der Waals surface area contributed by atoms with Gasteiger partial charge < -0.3 is 10.2 Å². The number of aromatic hydroxyl groups is 2. The molecule has 0 atom stereocenters. The summed E-state index contributed by atoms with van der Waals surface area (Å²) in [6.07, 6.45) is 0. The second-order valence-corrected chi connectivity index (χ2v) is 9.42.